The van der Waals surface area contributed by atoms with E-state index < -0.39 is 10.0 Å². The van der Waals surface area contributed by atoms with Crippen LogP contribution in [0.15, 0.2) is 59.5 Å². The van der Waals surface area contributed by atoms with Gasteiger partial charge in [0.25, 0.3) is 0 Å². The third kappa shape index (κ3) is 5.89. The van der Waals surface area contributed by atoms with Crippen molar-refractivity contribution in [3.8, 4) is 0 Å². The van der Waals surface area contributed by atoms with E-state index in [9.17, 15) is 13.2 Å². The third-order valence-electron chi connectivity index (χ3n) is 5.79. The summed E-state index contributed by atoms with van der Waals surface area (Å²) in [6, 6.07) is 17.0. The van der Waals surface area contributed by atoms with Gasteiger partial charge < -0.3 is 5.32 Å². The first-order valence-corrected chi connectivity index (χ1v) is 12.4. The number of nitrogens with zero attached hydrogens (tertiary/aromatic N) is 1. The number of rotatable bonds is 7. The molecule has 0 radical (unpaired) electrons. The minimum Gasteiger partial charge on any atom is -0.325 e. The van der Waals surface area contributed by atoms with Crippen LogP contribution < -0.4 is 5.32 Å². The summed E-state index contributed by atoms with van der Waals surface area (Å²) < 4.78 is 28.8. The van der Waals surface area contributed by atoms with Gasteiger partial charge in [0.15, 0.2) is 0 Å². The van der Waals surface area contributed by atoms with Gasteiger partial charge in [-0.3, -0.25) is 4.79 Å². The molecule has 0 aliphatic rings. The van der Waals surface area contributed by atoms with E-state index in [0.717, 1.165) is 27.8 Å². The lowest BCUT2D eigenvalue weighted by molar-refractivity contribution is -0.116. The van der Waals surface area contributed by atoms with Gasteiger partial charge in [0, 0.05) is 12.2 Å². The number of sulfonamides is 1. The monoisotopic (exact) mass is 464 g/mol. The van der Waals surface area contributed by atoms with Crippen LogP contribution in [0.4, 0.5) is 5.69 Å². The molecule has 0 unspecified atom stereocenters. The van der Waals surface area contributed by atoms with Crippen LogP contribution >= 0.6 is 0 Å². The fourth-order valence-electron chi connectivity index (χ4n) is 4.01. The smallest absolute Gasteiger partial charge is 0.244 e. The normalized spacial score (nSPS) is 11.6. The molecule has 0 fully saturated rings. The highest BCUT2D eigenvalue weighted by atomic mass is 32.2. The van der Waals surface area contributed by atoms with Gasteiger partial charge in [0.1, 0.15) is 0 Å². The van der Waals surface area contributed by atoms with Gasteiger partial charge in [-0.15, -0.1) is 0 Å². The number of hydrogen-bond acceptors (Lipinski definition) is 3. The molecule has 6 heteroatoms. The number of benzene rings is 3. The maximum absolute atomic E-state index is 13.8. The van der Waals surface area contributed by atoms with Gasteiger partial charge in [0.2, 0.25) is 15.9 Å². The molecule has 0 atom stereocenters. The Balaban J connectivity index is 1.95. The lowest BCUT2D eigenvalue weighted by Crippen LogP contribution is -2.38. The van der Waals surface area contributed by atoms with E-state index in [4.69, 9.17) is 0 Å². The molecule has 3 aromatic rings. The predicted molar refractivity (Wildman–Crippen MR) is 134 cm³/mol. The zero-order valence-electron chi connectivity index (χ0n) is 20.2. The van der Waals surface area contributed by atoms with Crippen molar-refractivity contribution in [2.45, 2.75) is 53.0 Å². The van der Waals surface area contributed by atoms with Crippen molar-refractivity contribution < 1.29 is 13.2 Å². The highest BCUT2D eigenvalue weighted by Gasteiger charge is 2.30. The van der Waals surface area contributed by atoms with Gasteiger partial charge in [-0.1, -0.05) is 53.6 Å². The van der Waals surface area contributed by atoms with Crippen molar-refractivity contribution in [1.29, 1.82) is 0 Å². The van der Waals surface area contributed by atoms with Crippen LogP contribution in [-0.4, -0.2) is 25.2 Å². The number of hydrogen-bond donors (Lipinski definition) is 1. The second-order valence-corrected chi connectivity index (χ2v) is 10.7. The first kappa shape index (κ1) is 24.7. The number of carbonyl (C=O) groups excluding carboxylic acids is 1. The summed E-state index contributed by atoms with van der Waals surface area (Å²) in [5.41, 5.74) is 7.10. The molecular formula is C27H32N2O3S. The average Bonchev–Trinajstić information content (AvgIpc) is 2.71. The van der Waals surface area contributed by atoms with Gasteiger partial charge in [-0.2, -0.15) is 4.31 Å². The van der Waals surface area contributed by atoms with Crippen LogP contribution in [0.25, 0.3) is 0 Å². The van der Waals surface area contributed by atoms with E-state index >= 15 is 0 Å². The fourth-order valence-corrected chi connectivity index (χ4v) is 5.80. The van der Waals surface area contributed by atoms with Gasteiger partial charge in [0.05, 0.1) is 11.4 Å². The Morgan fingerprint density at radius 3 is 1.94 bits per heavy atom. The number of aryl methyl sites for hydroxylation is 6. The predicted octanol–water partition coefficient (Wildman–Crippen LogP) is 5.37. The quantitative estimate of drug-likeness (QED) is 0.511. The van der Waals surface area contributed by atoms with Gasteiger partial charge in [-0.05, 0) is 81.5 Å². The molecule has 0 aromatic heterocycles. The zero-order valence-corrected chi connectivity index (χ0v) is 21.0. The molecule has 3 aromatic carbocycles. The Labute approximate surface area is 197 Å². The van der Waals surface area contributed by atoms with Crippen molar-refractivity contribution in [3.63, 3.8) is 0 Å². The van der Waals surface area contributed by atoms with Crippen LogP contribution in [0, 0.1) is 41.5 Å². The molecule has 0 aliphatic carbocycles. The molecule has 33 heavy (non-hydrogen) atoms. The Bertz CT molecular complexity index is 1260. The highest BCUT2D eigenvalue weighted by Crippen LogP contribution is 2.27. The summed E-state index contributed by atoms with van der Waals surface area (Å²) in [5.74, 6) is -0.378. The second kappa shape index (κ2) is 9.89. The van der Waals surface area contributed by atoms with Crippen LogP contribution in [0.5, 0.6) is 0 Å². The molecule has 0 saturated heterocycles. The van der Waals surface area contributed by atoms with Crippen molar-refractivity contribution in [3.05, 3.63) is 93.5 Å². The molecule has 0 bridgehead atoms. The van der Waals surface area contributed by atoms with Crippen LogP contribution in [0.2, 0.25) is 0 Å². The number of nitrogens with one attached hydrogen (secondary N) is 1. The maximum Gasteiger partial charge on any atom is 0.244 e. The average molecular weight is 465 g/mol. The van der Waals surface area contributed by atoms with Gasteiger partial charge in [-0.25, -0.2) is 8.42 Å². The molecule has 0 spiro atoms. The topological polar surface area (TPSA) is 66.5 Å². The Morgan fingerprint density at radius 1 is 0.758 bits per heavy atom. The summed E-state index contributed by atoms with van der Waals surface area (Å²) in [5, 5.41) is 2.85. The van der Waals surface area contributed by atoms with Crippen LogP contribution in [0.3, 0.4) is 0 Å². The molecule has 3 rings (SSSR count). The SMILES string of the molecule is Cc1ccc(CN(CC(=O)Nc2ccc(C)c(C)c2)S(=O)(=O)c2c(C)cc(C)cc2C)cc1. The summed E-state index contributed by atoms with van der Waals surface area (Å²) in [6.45, 7) is 11.3. The molecule has 0 saturated carbocycles. The molecule has 174 valence electrons. The van der Waals surface area contributed by atoms with E-state index in [1.54, 1.807) is 13.8 Å². The number of anilines is 1. The van der Waals surface area contributed by atoms with Crippen molar-refractivity contribution in [2.75, 3.05) is 11.9 Å². The molecule has 0 aliphatic heterocycles. The van der Waals surface area contributed by atoms with Gasteiger partial charge >= 0.3 is 0 Å². The lowest BCUT2D eigenvalue weighted by Gasteiger charge is -2.24. The Hall–Kier alpha value is -2.96. The third-order valence-corrected chi connectivity index (χ3v) is 7.89. The summed E-state index contributed by atoms with van der Waals surface area (Å²) in [4.78, 5) is 13.2. The maximum atomic E-state index is 13.8. The van der Waals surface area contributed by atoms with E-state index in [0.29, 0.717) is 16.8 Å². The van der Waals surface area contributed by atoms with Crippen molar-refractivity contribution >= 4 is 21.6 Å². The van der Waals surface area contributed by atoms with E-state index in [1.165, 1.54) is 4.31 Å². The molecule has 0 heterocycles. The van der Waals surface area contributed by atoms with Crippen molar-refractivity contribution in [2.24, 2.45) is 0 Å². The highest BCUT2D eigenvalue weighted by molar-refractivity contribution is 7.89. The van der Waals surface area contributed by atoms with Crippen LogP contribution in [0.1, 0.15) is 38.9 Å². The summed E-state index contributed by atoms with van der Waals surface area (Å²) in [7, 11) is -3.92. The molecule has 5 nitrogen and oxygen atoms in total. The Morgan fingerprint density at radius 2 is 1.36 bits per heavy atom. The molecule has 1 N–H and O–H groups in total. The zero-order chi connectivity index (χ0) is 24.3. The van der Waals surface area contributed by atoms with E-state index in [2.05, 4.69) is 5.32 Å². The molecular weight excluding hydrogens is 432 g/mol. The van der Waals surface area contributed by atoms with Crippen LogP contribution in [-0.2, 0) is 21.4 Å². The molecule has 1 amide bonds. The fraction of sp³-hybridized carbons (Fsp3) is 0.296. The summed E-state index contributed by atoms with van der Waals surface area (Å²) >= 11 is 0. The first-order chi connectivity index (χ1) is 15.5. The second-order valence-electron chi connectivity index (χ2n) is 8.83. The minimum absolute atomic E-state index is 0.107. The lowest BCUT2D eigenvalue weighted by atomic mass is 10.1. The van der Waals surface area contributed by atoms with E-state index in [1.807, 2.05) is 82.3 Å². The standard InChI is InChI=1S/C27H32N2O3S/c1-18-7-10-24(11-8-18)16-29(17-26(30)28-25-12-9-20(3)21(4)15-25)33(31,32)27-22(5)13-19(2)14-23(27)6/h7-15H,16-17H2,1-6H3,(H,28,30). The number of amides is 1. The number of carbonyl (C=O) groups is 1. The largest absolute Gasteiger partial charge is 0.325 e. The van der Waals surface area contributed by atoms with Crippen molar-refractivity contribution in [1.82, 2.24) is 4.31 Å². The van der Waals surface area contributed by atoms with E-state index in [-0.39, 0.29) is 23.9 Å². The first-order valence-electron chi connectivity index (χ1n) is 11.0. The summed E-state index contributed by atoms with van der Waals surface area (Å²) in [6.07, 6.45) is 0. The Kier molecular flexibility index (Phi) is 7.40. The minimum atomic E-state index is -3.92.